The monoisotopic (exact) mass is 216 g/mol. The van der Waals surface area contributed by atoms with E-state index in [1.807, 2.05) is 13.8 Å². The van der Waals surface area contributed by atoms with E-state index in [2.05, 4.69) is 0 Å². The summed E-state index contributed by atoms with van der Waals surface area (Å²) in [5.41, 5.74) is 0. The number of hydrogen-bond acceptors (Lipinski definition) is 4. The van der Waals surface area contributed by atoms with Crippen LogP contribution in [0.3, 0.4) is 0 Å². The van der Waals surface area contributed by atoms with Crippen molar-refractivity contribution in [1.29, 1.82) is 0 Å². The molecule has 0 bridgehead atoms. The molecule has 4 nitrogen and oxygen atoms in total. The van der Waals surface area contributed by atoms with Crippen molar-refractivity contribution >= 4 is 5.78 Å². The van der Waals surface area contributed by atoms with E-state index in [4.69, 9.17) is 14.2 Å². The standard InChI is InChI=1S/C11H20O4/c1-3-14-11(15-4-2)10(12)9-5-7-13-8-6-9/h9,11H,3-8H2,1-2H3. The first-order valence-electron chi connectivity index (χ1n) is 5.64. The first-order chi connectivity index (χ1) is 7.29. The maximum absolute atomic E-state index is 12.0. The van der Waals surface area contributed by atoms with Crippen molar-refractivity contribution in [2.24, 2.45) is 5.92 Å². The predicted molar refractivity (Wildman–Crippen MR) is 55.6 cm³/mol. The number of carbonyl (C=O) groups is 1. The molecule has 0 aromatic heterocycles. The van der Waals surface area contributed by atoms with E-state index in [1.165, 1.54) is 0 Å². The zero-order chi connectivity index (χ0) is 11.1. The zero-order valence-electron chi connectivity index (χ0n) is 9.53. The minimum Gasteiger partial charge on any atom is -0.381 e. The maximum atomic E-state index is 12.0. The minimum atomic E-state index is -0.678. The van der Waals surface area contributed by atoms with Gasteiger partial charge in [-0.1, -0.05) is 0 Å². The average molecular weight is 216 g/mol. The fraction of sp³-hybridized carbons (Fsp3) is 0.909. The third kappa shape index (κ3) is 3.89. The Balaban J connectivity index is 2.45. The fourth-order valence-corrected chi connectivity index (χ4v) is 1.69. The van der Waals surface area contributed by atoms with Crippen LogP contribution in [0.2, 0.25) is 0 Å². The highest BCUT2D eigenvalue weighted by molar-refractivity contribution is 5.84. The number of ketones is 1. The van der Waals surface area contributed by atoms with Gasteiger partial charge in [0, 0.05) is 32.3 Å². The second-order valence-electron chi connectivity index (χ2n) is 3.53. The molecule has 0 aliphatic carbocycles. The molecule has 1 heterocycles. The Labute approximate surface area is 90.9 Å². The van der Waals surface area contributed by atoms with Crippen molar-refractivity contribution in [2.45, 2.75) is 33.0 Å². The van der Waals surface area contributed by atoms with E-state index in [9.17, 15) is 4.79 Å². The molecule has 0 saturated carbocycles. The first kappa shape index (κ1) is 12.6. The number of rotatable bonds is 6. The van der Waals surface area contributed by atoms with Gasteiger partial charge in [0.15, 0.2) is 5.78 Å². The van der Waals surface area contributed by atoms with E-state index < -0.39 is 6.29 Å². The summed E-state index contributed by atoms with van der Waals surface area (Å²) < 4.78 is 15.8. The van der Waals surface area contributed by atoms with Gasteiger partial charge in [0.2, 0.25) is 6.29 Å². The van der Waals surface area contributed by atoms with Crippen LogP contribution in [-0.2, 0) is 19.0 Å². The van der Waals surface area contributed by atoms with Crippen molar-refractivity contribution in [1.82, 2.24) is 0 Å². The molecule has 15 heavy (non-hydrogen) atoms. The van der Waals surface area contributed by atoms with Gasteiger partial charge in [-0.2, -0.15) is 0 Å². The Morgan fingerprint density at radius 2 is 1.80 bits per heavy atom. The molecule has 0 spiro atoms. The van der Waals surface area contributed by atoms with Crippen molar-refractivity contribution in [3.8, 4) is 0 Å². The molecular formula is C11H20O4. The van der Waals surface area contributed by atoms with Crippen LogP contribution in [0.1, 0.15) is 26.7 Å². The Morgan fingerprint density at radius 1 is 1.27 bits per heavy atom. The van der Waals surface area contributed by atoms with Crippen LogP contribution in [0.5, 0.6) is 0 Å². The molecule has 1 rings (SSSR count). The Morgan fingerprint density at radius 3 is 2.27 bits per heavy atom. The van der Waals surface area contributed by atoms with Gasteiger partial charge < -0.3 is 14.2 Å². The summed E-state index contributed by atoms with van der Waals surface area (Å²) in [6.07, 6.45) is 0.897. The quantitative estimate of drug-likeness (QED) is 0.629. The molecule has 1 aliphatic heterocycles. The van der Waals surface area contributed by atoms with Gasteiger partial charge in [-0.3, -0.25) is 4.79 Å². The molecular weight excluding hydrogens is 196 g/mol. The zero-order valence-corrected chi connectivity index (χ0v) is 9.53. The van der Waals surface area contributed by atoms with Gasteiger partial charge in [0.25, 0.3) is 0 Å². The third-order valence-corrected chi connectivity index (χ3v) is 2.49. The van der Waals surface area contributed by atoms with Crippen LogP contribution in [0.15, 0.2) is 0 Å². The molecule has 1 fully saturated rings. The molecule has 1 aliphatic rings. The van der Waals surface area contributed by atoms with Crippen LogP contribution in [0, 0.1) is 5.92 Å². The number of carbonyl (C=O) groups excluding carboxylic acids is 1. The second-order valence-corrected chi connectivity index (χ2v) is 3.53. The maximum Gasteiger partial charge on any atom is 0.218 e. The smallest absolute Gasteiger partial charge is 0.218 e. The topological polar surface area (TPSA) is 44.8 Å². The highest BCUT2D eigenvalue weighted by atomic mass is 16.7. The SMILES string of the molecule is CCOC(OCC)C(=O)C1CCOCC1. The van der Waals surface area contributed by atoms with Gasteiger partial charge >= 0.3 is 0 Å². The average Bonchev–Trinajstić information content (AvgIpc) is 2.29. The van der Waals surface area contributed by atoms with Gasteiger partial charge in [-0.25, -0.2) is 0 Å². The minimum absolute atomic E-state index is 0.0434. The van der Waals surface area contributed by atoms with E-state index in [-0.39, 0.29) is 11.7 Å². The summed E-state index contributed by atoms with van der Waals surface area (Å²) in [4.78, 5) is 12.0. The summed E-state index contributed by atoms with van der Waals surface area (Å²) in [7, 11) is 0. The van der Waals surface area contributed by atoms with Crippen LogP contribution in [-0.4, -0.2) is 38.5 Å². The molecule has 0 N–H and O–H groups in total. The first-order valence-corrected chi connectivity index (χ1v) is 5.64. The Bertz CT molecular complexity index is 181. The van der Waals surface area contributed by atoms with E-state index in [0.29, 0.717) is 26.4 Å². The summed E-state index contributed by atoms with van der Waals surface area (Å²) in [6, 6.07) is 0. The van der Waals surface area contributed by atoms with Gasteiger partial charge in [-0.05, 0) is 26.7 Å². The molecule has 1 saturated heterocycles. The van der Waals surface area contributed by atoms with Crippen LogP contribution < -0.4 is 0 Å². The molecule has 0 aromatic rings. The largest absolute Gasteiger partial charge is 0.381 e. The molecule has 88 valence electrons. The lowest BCUT2D eigenvalue weighted by Gasteiger charge is -2.25. The Hall–Kier alpha value is -0.450. The number of Topliss-reactive ketones (excluding diaryl/α,β-unsaturated/α-hetero) is 1. The van der Waals surface area contributed by atoms with Crippen molar-refractivity contribution in [2.75, 3.05) is 26.4 Å². The van der Waals surface area contributed by atoms with Crippen molar-refractivity contribution < 1.29 is 19.0 Å². The van der Waals surface area contributed by atoms with Gasteiger partial charge in [-0.15, -0.1) is 0 Å². The fourth-order valence-electron chi connectivity index (χ4n) is 1.69. The molecule has 0 atom stereocenters. The van der Waals surface area contributed by atoms with E-state index in [1.54, 1.807) is 0 Å². The van der Waals surface area contributed by atoms with Gasteiger partial charge in [0.1, 0.15) is 0 Å². The summed E-state index contributed by atoms with van der Waals surface area (Å²) in [5, 5.41) is 0. The second kappa shape index (κ2) is 6.93. The van der Waals surface area contributed by atoms with E-state index in [0.717, 1.165) is 12.8 Å². The predicted octanol–water partition coefficient (Wildman–Crippen LogP) is 1.38. The highest BCUT2D eigenvalue weighted by Gasteiger charge is 2.29. The number of hydrogen-bond donors (Lipinski definition) is 0. The van der Waals surface area contributed by atoms with Crippen LogP contribution in [0.25, 0.3) is 0 Å². The molecule has 4 heteroatoms. The summed E-state index contributed by atoms with van der Waals surface area (Å²) in [5.74, 6) is 0.115. The van der Waals surface area contributed by atoms with Crippen LogP contribution in [0.4, 0.5) is 0 Å². The van der Waals surface area contributed by atoms with Gasteiger partial charge in [0.05, 0.1) is 0 Å². The third-order valence-electron chi connectivity index (χ3n) is 2.49. The lowest BCUT2D eigenvalue weighted by Crippen LogP contribution is -2.36. The Kier molecular flexibility index (Phi) is 5.83. The van der Waals surface area contributed by atoms with E-state index >= 15 is 0 Å². The molecule has 0 aromatic carbocycles. The molecule has 0 unspecified atom stereocenters. The molecule has 0 radical (unpaired) electrons. The highest BCUT2D eigenvalue weighted by Crippen LogP contribution is 2.18. The van der Waals surface area contributed by atoms with Crippen LogP contribution >= 0.6 is 0 Å². The van der Waals surface area contributed by atoms with Crippen molar-refractivity contribution in [3.63, 3.8) is 0 Å². The number of ether oxygens (including phenoxy) is 3. The lowest BCUT2D eigenvalue weighted by molar-refractivity contribution is -0.174. The summed E-state index contributed by atoms with van der Waals surface area (Å²) in [6.45, 7) is 6.06. The van der Waals surface area contributed by atoms with Crippen molar-refractivity contribution in [3.05, 3.63) is 0 Å². The molecule has 0 amide bonds. The summed E-state index contributed by atoms with van der Waals surface area (Å²) >= 11 is 0. The lowest BCUT2D eigenvalue weighted by atomic mass is 9.95. The normalized spacial score (nSPS) is 18.3.